The lowest BCUT2D eigenvalue weighted by Crippen LogP contribution is -2.34. The molecule has 1 atom stereocenters. The second-order valence-corrected chi connectivity index (χ2v) is 6.96. The fourth-order valence-electron chi connectivity index (χ4n) is 3.37. The van der Waals surface area contributed by atoms with Gasteiger partial charge in [0.15, 0.2) is 0 Å². The smallest absolute Gasteiger partial charge is 0.227 e. The monoisotopic (exact) mass is 362 g/mol. The van der Waals surface area contributed by atoms with Gasteiger partial charge in [0.1, 0.15) is 5.75 Å². The summed E-state index contributed by atoms with van der Waals surface area (Å²) in [5, 5.41) is 3.43. The minimum atomic E-state index is -0.322. The largest absolute Gasteiger partial charge is 0.495 e. The lowest BCUT2D eigenvalue weighted by Gasteiger charge is -2.18. The van der Waals surface area contributed by atoms with Crippen LogP contribution in [0.15, 0.2) is 29.8 Å². The van der Waals surface area contributed by atoms with Gasteiger partial charge in [-0.3, -0.25) is 9.59 Å². The Kier molecular flexibility index (Phi) is 5.63. The Morgan fingerprint density at radius 3 is 2.92 bits per heavy atom. The highest BCUT2D eigenvalue weighted by atomic mass is 35.5. The van der Waals surface area contributed by atoms with E-state index >= 15 is 0 Å². The van der Waals surface area contributed by atoms with Gasteiger partial charge in [0.25, 0.3) is 0 Å². The number of hydrogen-bond acceptors (Lipinski definition) is 3. The van der Waals surface area contributed by atoms with Crippen molar-refractivity contribution in [1.82, 2.24) is 5.32 Å². The minimum Gasteiger partial charge on any atom is -0.495 e. The number of ether oxygens (including phenoxy) is 1. The van der Waals surface area contributed by atoms with Gasteiger partial charge in [-0.15, -0.1) is 0 Å². The van der Waals surface area contributed by atoms with E-state index in [1.165, 1.54) is 18.4 Å². The van der Waals surface area contributed by atoms with Crippen LogP contribution in [0.25, 0.3) is 0 Å². The van der Waals surface area contributed by atoms with Crippen LogP contribution in [0, 0.1) is 5.92 Å². The number of nitrogens with one attached hydrogen (secondary N) is 1. The molecule has 1 aromatic rings. The normalized spacial score (nSPS) is 20.4. The molecule has 0 spiro atoms. The van der Waals surface area contributed by atoms with Crippen LogP contribution in [0.3, 0.4) is 0 Å². The molecular formula is C19H23ClN2O3. The van der Waals surface area contributed by atoms with Gasteiger partial charge >= 0.3 is 0 Å². The summed E-state index contributed by atoms with van der Waals surface area (Å²) in [5.41, 5.74) is 1.99. The summed E-state index contributed by atoms with van der Waals surface area (Å²) >= 11 is 6.14. The van der Waals surface area contributed by atoms with E-state index in [1.54, 1.807) is 30.2 Å². The average molecular weight is 363 g/mol. The first-order chi connectivity index (χ1) is 12.1. The number of hydrogen-bond donors (Lipinski definition) is 1. The van der Waals surface area contributed by atoms with Crippen molar-refractivity contribution in [3.8, 4) is 5.75 Å². The number of rotatable bonds is 5. The van der Waals surface area contributed by atoms with Crippen LogP contribution in [0.5, 0.6) is 5.75 Å². The molecule has 1 aliphatic carbocycles. The Morgan fingerprint density at radius 2 is 2.24 bits per heavy atom. The molecule has 6 heteroatoms. The number of benzene rings is 1. The molecule has 0 aromatic heterocycles. The van der Waals surface area contributed by atoms with Gasteiger partial charge in [-0.25, -0.2) is 0 Å². The molecule has 1 saturated heterocycles. The number of methoxy groups -OCH3 is 1. The van der Waals surface area contributed by atoms with E-state index in [9.17, 15) is 9.59 Å². The van der Waals surface area contributed by atoms with Gasteiger partial charge in [-0.1, -0.05) is 23.3 Å². The Morgan fingerprint density at radius 1 is 1.40 bits per heavy atom. The second kappa shape index (κ2) is 7.91. The van der Waals surface area contributed by atoms with E-state index in [-0.39, 0.29) is 24.2 Å². The van der Waals surface area contributed by atoms with Crippen LogP contribution in [-0.4, -0.2) is 32.0 Å². The van der Waals surface area contributed by atoms with Crippen molar-refractivity contribution in [2.45, 2.75) is 32.1 Å². The van der Waals surface area contributed by atoms with Crippen molar-refractivity contribution in [2.24, 2.45) is 5.92 Å². The summed E-state index contributed by atoms with van der Waals surface area (Å²) < 4.78 is 5.13. The molecule has 0 radical (unpaired) electrons. The molecule has 1 N–H and O–H groups in total. The van der Waals surface area contributed by atoms with Gasteiger partial charge in [-0.05, 0) is 43.9 Å². The second-order valence-electron chi connectivity index (χ2n) is 6.55. The number of anilines is 1. The van der Waals surface area contributed by atoms with E-state index in [0.29, 0.717) is 29.5 Å². The lowest BCUT2D eigenvalue weighted by atomic mass is 9.99. The van der Waals surface area contributed by atoms with Crippen LogP contribution in [0.2, 0.25) is 5.02 Å². The van der Waals surface area contributed by atoms with Crippen molar-refractivity contribution in [3.63, 3.8) is 0 Å². The summed E-state index contributed by atoms with van der Waals surface area (Å²) in [6, 6.07) is 5.22. The zero-order valence-corrected chi connectivity index (χ0v) is 15.1. The number of allylic oxidation sites excluding steroid dienone is 1. The molecule has 1 heterocycles. The van der Waals surface area contributed by atoms with Crippen LogP contribution < -0.4 is 15.0 Å². The van der Waals surface area contributed by atoms with E-state index < -0.39 is 0 Å². The molecule has 1 aliphatic heterocycles. The standard InChI is InChI=1S/C19H23ClN2O3/c1-25-17-8-7-15(10-16(17)20)22-12-14(9-18(22)23)19(24)21-11-13-5-3-2-4-6-13/h5,7-8,10,14H,2-4,6,9,11-12H2,1H3,(H,21,24)/t14-/m0/s1. The molecule has 1 fully saturated rings. The maximum absolute atomic E-state index is 12.4. The first kappa shape index (κ1) is 17.8. The van der Waals surface area contributed by atoms with Gasteiger partial charge in [-0.2, -0.15) is 0 Å². The Bertz CT molecular complexity index is 702. The van der Waals surface area contributed by atoms with Gasteiger partial charge in [0.05, 0.1) is 18.1 Å². The zero-order chi connectivity index (χ0) is 17.8. The van der Waals surface area contributed by atoms with E-state index in [4.69, 9.17) is 16.3 Å². The van der Waals surface area contributed by atoms with Crippen molar-refractivity contribution in [3.05, 3.63) is 34.9 Å². The summed E-state index contributed by atoms with van der Waals surface area (Å²) in [6.07, 6.45) is 7.02. The van der Waals surface area contributed by atoms with Crippen LogP contribution in [-0.2, 0) is 9.59 Å². The summed E-state index contributed by atoms with van der Waals surface area (Å²) in [7, 11) is 1.55. The highest BCUT2D eigenvalue weighted by Crippen LogP contribution is 2.32. The molecular weight excluding hydrogens is 340 g/mol. The van der Waals surface area contributed by atoms with Crippen LogP contribution in [0.1, 0.15) is 32.1 Å². The third-order valence-electron chi connectivity index (χ3n) is 4.82. The quantitative estimate of drug-likeness (QED) is 0.817. The zero-order valence-electron chi connectivity index (χ0n) is 14.4. The number of amides is 2. The fourth-order valence-corrected chi connectivity index (χ4v) is 3.62. The van der Waals surface area contributed by atoms with E-state index in [1.807, 2.05) is 0 Å². The predicted octanol–water partition coefficient (Wildman–Crippen LogP) is 3.32. The first-order valence-electron chi connectivity index (χ1n) is 8.68. The predicted molar refractivity (Wildman–Crippen MR) is 98.0 cm³/mol. The van der Waals surface area contributed by atoms with Crippen LogP contribution in [0.4, 0.5) is 5.69 Å². The molecule has 3 rings (SSSR count). The average Bonchev–Trinajstić information content (AvgIpc) is 3.02. The highest BCUT2D eigenvalue weighted by Gasteiger charge is 2.35. The van der Waals surface area contributed by atoms with Gasteiger partial charge < -0.3 is 15.0 Å². The SMILES string of the molecule is COc1ccc(N2C[C@@H](C(=O)NCC3=CCCCC3)CC2=O)cc1Cl. The van der Waals surface area contributed by atoms with Crippen molar-refractivity contribution < 1.29 is 14.3 Å². The van der Waals surface area contributed by atoms with E-state index in [0.717, 1.165) is 12.8 Å². The third-order valence-corrected chi connectivity index (χ3v) is 5.11. The van der Waals surface area contributed by atoms with Crippen molar-refractivity contribution >= 4 is 29.1 Å². The number of carbonyl (C=O) groups is 2. The molecule has 0 saturated carbocycles. The van der Waals surface area contributed by atoms with Crippen LogP contribution >= 0.6 is 11.6 Å². The molecule has 134 valence electrons. The summed E-state index contributed by atoms with van der Waals surface area (Å²) in [6.45, 7) is 0.976. The number of nitrogens with zero attached hydrogens (tertiary/aromatic N) is 1. The molecule has 25 heavy (non-hydrogen) atoms. The molecule has 1 aromatic carbocycles. The fraction of sp³-hybridized carbons (Fsp3) is 0.474. The Hall–Kier alpha value is -2.01. The molecule has 5 nitrogen and oxygen atoms in total. The van der Waals surface area contributed by atoms with Crippen molar-refractivity contribution in [2.75, 3.05) is 25.1 Å². The summed E-state index contributed by atoms with van der Waals surface area (Å²) in [5.74, 6) is 0.130. The minimum absolute atomic E-state index is 0.0538. The molecule has 0 unspecified atom stereocenters. The maximum Gasteiger partial charge on any atom is 0.227 e. The topological polar surface area (TPSA) is 58.6 Å². The number of carbonyl (C=O) groups excluding carboxylic acids is 2. The van der Waals surface area contributed by atoms with Gasteiger partial charge in [0.2, 0.25) is 11.8 Å². The molecule has 0 bridgehead atoms. The first-order valence-corrected chi connectivity index (χ1v) is 9.06. The van der Waals surface area contributed by atoms with Gasteiger partial charge in [0, 0.05) is 25.2 Å². The van der Waals surface area contributed by atoms with Crippen molar-refractivity contribution in [1.29, 1.82) is 0 Å². The highest BCUT2D eigenvalue weighted by molar-refractivity contribution is 6.32. The Balaban J connectivity index is 1.60. The summed E-state index contributed by atoms with van der Waals surface area (Å²) in [4.78, 5) is 26.4. The molecule has 2 aliphatic rings. The molecule has 2 amide bonds. The maximum atomic E-state index is 12.4. The number of halogens is 1. The third kappa shape index (κ3) is 4.15. The Labute approximate surface area is 153 Å². The van der Waals surface area contributed by atoms with E-state index in [2.05, 4.69) is 11.4 Å². The lowest BCUT2D eigenvalue weighted by molar-refractivity contribution is -0.126.